The molecule has 2 aliphatic rings. The van der Waals surface area contributed by atoms with Crippen molar-refractivity contribution in [2.45, 2.75) is 44.8 Å². The summed E-state index contributed by atoms with van der Waals surface area (Å²) in [5.74, 6) is 0.0707. The van der Waals surface area contributed by atoms with E-state index in [0.29, 0.717) is 0 Å². The number of aliphatic hydroxyl groups is 1. The zero-order valence-corrected chi connectivity index (χ0v) is 12.7. The quantitative estimate of drug-likeness (QED) is 0.841. The molecule has 1 aliphatic heterocycles. The lowest BCUT2D eigenvalue weighted by atomic mass is 9.71. The molecule has 0 spiro atoms. The second kappa shape index (κ2) is 5.30. The van der Waals surface area contributed by atoms with Crippen LogP contribution in [0.3, 0.4) is 0 Å². The Morgan fingerprint density at radius 2 is 2.33 bits per heavy atom. The van der Waals surface area contributed by atoms with E-state index in [4.69, 9.17) is 0 Å². The maximum Gasteiger partial charge on any atom is 0.246 e. The van der Waals surface area contributed by atoms with Gasteiger partial charge in [0.2, 0.25) is 5.91 Å². The molecule has 1 saturated carbocycles. The van der Waals surface area contributed by atoms with Gasteiger partial charge in [0.25, 0.3) is 0 Å². The van der Waals surface area contributed by atoms with Crippen LogP contribution in [-0.4, -0.2) is 44.4 Å². The minimum atomic E-state index is -0.203. The summed E-state index contributed by atoms with van der Waals surface area (Å²) in [5.41, 5.74) is 0.998. The number of aromatic nitrogens is 2. The second-order valence-electron chi connectivity index (χ2n) is 6.60. The molecule has 3 rings (SSSR count). The molecule has 1 aromatic rings. The Hall–Kier alpha value is -1.62. The number of rotatable bonds is 2. The number of nitrogens with zero attached hydrogens (tertiary/aromatic N) is 3. The largest absolute Gasteiger partial charge is 0.393 e. The highest BCUT2D eigenvalue weighted by Gasteiger charge is 2.48. The molecule has 0 radical (unpaired) electrons. The highest BCUT2D eigenvalue weighted by Crippen LogP contribution is 2.46. The summed E-state index contributed by atoms with van der Waals surface area (Å²) in [7, 11) is 1.86. The van der Waals surface area contributed by atoms with Crippen molar-refractivity contribution in [1.29, 1.82) is 0 Å². The molecule has 3 atom stereocenters. The predicted octanol–water partition coefficient (Wildman–Crippen LogP) is 1.59. The number of fused-ring (bicyclic) bond motifs is 1. The lowest BCUT2D eigenvalue weighted by Crippen LogP contribution is -2.45. The first-order valence-corrected chi connectivity index (χ1v) is 7.64. The zero-order chi connectivity index (χ0) is 15.0. The topological polar surface area (TPSA) is 58.4 Å². The molecule has 1 saturated heterocycles. The molecule has 5 heteroatoms. The fourth-order valence-electron chi connectivity index (χ4n) is 3.87. The molecule has 0 unspecified atom stereocenters. The van der Waals surface area contributed by atoms with Crippen molar-refractivity contribution in [2.24, 2.45) is 12.5 Å². The molecule has 5 nitrogen and oxygen atoms in total. The molecule has 0 aromatic carbocycles. The first kappa shape index (κ1) is 14.3. The summed E-state index contributed by atoms with van der Waals surface area (Å²) < 4.78 is 1.74. The molecule has 2 fully saturated rings. The Bertz CT molecular complexity index is 566. The highest BCUT2D eigenvalue weighted by molar-refractivity contribution is 5.92. The summed E-state index contributed by atoms with van der Waals surface area (Å²) in [4.78, 5) is 14.5. The number of hydrogen-bond acceptors (Lipinski definition) is 3. The molecule has 1 amide bonds. The van der Waals surface area contributed by atoms with E-state index in [1.165, 1.54) is 0 Å². The highest BCUT2D eigenvalue weighted by atomic mass is 16.3. The van der Waals surface area contributed by atoms with E-state index in [2.05, 4.69) is 12.0 Å². The van der Waals surface area contributed by atoms with Gasteiger partial charge in [-0.25, -0.2) is 0 Å². The lowest BCUT2D eigenvalue weighted by Gasteiger charge is -2.41. The average molecular weight is 289 g/mol. The van der Waals surface area contributed by atoms with Gasteiger partial charge in [-0.15, -0.1) is 0 Å². The average Bonchev–Trinajstić information content (AvgIpc) is 2.98. The molecule has 1 aromatic heterocycles. The Balaban J connectivity index is 1.71. The molecule has 0 bridgehead atoms. The van der Waals surface area contributed by atoms with Crippen LogP contribution < -0.4 is 0 Å². The van der Waals surface area contributed by atoms with Crippen molar-refractivity contribution in [1.82, 2.24) is 14.7 Å². The first-order valence-electron chi connectivity index (χ1n) is 7.64. The Morgan fingerprint density at radius 3 is 3.05 bits per heavy atom. The standard InChI is InChI=1S/C16H23N3O2/c1-16-8-10-19(14(16)5-4-13(20)11-16)15(21)6-3-12-7-9-17-18(12)2/h3,6-7,9,13-14,20H,4-5,8,10-11H2,1-2H3/b6-3+/t13-,14-,16+/m1/s1. The third-order valence-corrected chi connectivity index (χ3v) is 5.12. The van der Waals surface area contributed by atoms with Gasteiger partial charge in [-0.1, -0.05) is 6.92 Å². The third-order valence-electron chi connectivity index (χ3n) is 5.12. The van der Waals surface area contributed by atoms with Gasteiger partial charge in [0.1, 0.15) is 0 Å². The summed E-state index contributed by atoms with van der Waals surface area (Å²) in [6, 6.07) is 2.15. The van der Waals surface area contributed by atoms with Crippen molar-refractivity contribution >= 4 is 12.0 Å². The summed E-state index contributed by atoms with van der Waals surface area (Å²) in [6.45, 7) is 3.00. The number of carbonyl (C=O) groups excluding carboxylic acids is 1. The number of hydrogen-bond donors (Lipinski definition) is 1. The minimum absolute atomic E-state index is 0.0707. The van der Waals surface area contributed by atoms with E-state index in [1.807, 2.05) is 24.1 Å². The molecule has 2 heterocycles. The molecule has 1 aliphatic carbocycles. The monoisotopic (exact) mass is 289 g/mol. The van der Waals surface area contributed by atoms with Crippen LogP contribution >= 0.6 is 0 Å². The Labute approximate surface area is 125 Å². The van der Waals surface area contributed by atoms with Crippen molar-refractivity contribution in [3.05, 3.63) is 24.0 Å². The van der Waals surface area contributed by atoms with Crippen molar-refractivity contribution < 1.29 is 9.90 Å². The van der Waals surface area contributed by atoms with Gasteiger partial charge in [-0.05, 0) is 43.2 Å². The van der Waals surface area contributed by atoms with Crippen molar-refractivity contribution in [3.63, 3.8) is 0 Å². The molecule has 21 heavy (non-hydrogen) atoms. The number of aliphatic hydroxyl groups excluding tert-OH is 1. The summed E-state index contributed by atoms with van der Waals surface area (Å²) >= 11 is 0. The van der Waals surface area contributed by atoms with Gasteiger partial charge < -0.3 is 10.0 Å². The normalized spacial score (nSPS) is 32.6. The second-order valence-corrected chi connectivity index (χ2v) is 6.60. The van der Waals surface area contributed by atoms with Gasteiger partial charge in [-0.2, -0.15) is 5.10 Å². The Kier molecular flexibility index (Phi) is 3.61. The van der Waals surface area contributed by atoms with Gasteiger partial charge in [0, 0.05) is 31.9 Å². The van der Waals surface area contributed by atoms with Crippen LogP contribution in [0.15, 0.2) is 18.3 Å². The maximum absolute atomic E-state index is 12.5. The predicted molar refractivity (Wildman–Crippen MR) is 80.3 cm³/mol. The fourth-order valence-corrected chi connectivity index (χ4v) is 3.87. The zero-order valence-electron chi connectivity index (χ0n) is 12.7. The van der Waals surface area contributed by atoms with E-state index in [9.17, 15) is 9.90 Å². The molecular weight excluding hydrogens is 266 g/mol. The summed E-state index contributed by atoms with van der Waals surface area (Å²) in [5, 5.41) is 14.0. The smallest absolute Gasteiger partial charge is 0.246 e. The van der Waals surface area contributed by atoms with Gasteiger partial charge in [-0.3, -0.25) is 9.48 Å². The number of carbonyl (C=O) groups is 1. The van der Waals surface area contributed by atoms with E-state index in [0.717, 1.165) is 37.9 Å². The molecule has 1 N–H and O–H groups in total. The van der Waals surface area contributed by atoms with Crippen LogP contribution in [0.2, 0.25) is 0 Å². The van der Waals surface area contributed by atoms with Crippen LogP contribution in [0.5, 0.6) is 0 Å². The van der Waals surface area contributed by atoms with E-state index in [1.54, 1.807) is 17.0 Å². The summed E-state index contributed by atoms with van der Waals surface area (Å²) in [6.07, 6.45) is 8.49. The van der Waals surface area contributed by atoms with Crippen LogP contribution in [0.1, 0.15) is 38.3 Å². The SMILES string of the molecule is Cn1nccc1/C=C/C(=O)N1CC[C@@]2(C)C[C@H](O)CC[C@@H]12. The minimum Gasteiger partial charge on any atom is -0.393 e. The molecular formula is C16H23N3O2. The van der Waals surface area contributed by atoms with Crippen LogP contribution in [-0.2, 0) is 11.8 Å². The van der Waals surface area contributed by atoms with Crippen molar-refractivity contribution in [2.75, 3.05) is 6.54 Å². The van der Waals surface area contributed by atoms with Crippen LogP contribution in [0.4, 0.5) is 0 Å². The number of likely N-dealkylation sites (tertiary alicyclic amines) is 1. The third kappa shape index (κ3) is 2.62. The van der Waals surface area contributed by atoms with E-state index < -0.39 is 0 Å². The van der Waals surface area contributed by atoms with Gasteiger partial charge in [0.05, 0.1) is 11.8 Å². The first-order chi connectivity index (χ1) is 9.99. The van der Waals surface area contributed by atoms with Crippen LogP contribution in [0, 0.1) is 5.41 Å². The van der Waals surface area contributed by atoms with E-state index in [-0.39, 0.29) is 23.5 Å². The number of aryl methyl sites for hydroxylation is 1. The van der Waals surface area contributed by atoms with Gasteiger partial charge in [0.15, 0.2) is 0 Å². The lowest BCUT2D eigenvalue weighted by molar-refractivity contribution is -0.129. The van der Waals surface area contributed by atoms with E-state index >= 15 is 0 Å². The Morgan fingerprint density at radius 1 is 1.52 bits per heavy atom. The number of amides is 1. The van der Waals surface area contributed by atoms with Crippen LogP contribution in [0.25, 0.3) is 6.08 Å². The molecule has 114 valence electrons. The van der Waals surface area contributed by atoms with Gasteiger partial charge >= 0.3 is 0 Å². The fraction of sp³-hybridized carbons (Fsp3) is 0.625. The van der Waals surface area contributed by atoms with Crippen molar-refractivity contribution in [3.8, 4) is 0 Å². The maximum atomic E-state index is 12.5.